The number of fused-ring (bicyclic) bond motifs is 1. The molecule has 10 nitrogen and oxygen atoms in total. The smallest absolute Gasteiger partial charge is 0.224 e. The van der Waals surface area contributed by atoms with Gasteiger partial charge in [-0.15, -0.1) is 0 Å². The van der Waals surface area contributed by atoms with E-state index < -0.39 is 24.5 Å². The van der Waals surface area contributed by atoms with E-state index in [1.54, 1.807) is 6.07 Å². The maximum Gasteiger partial charge on any atom is 0.224 e. The van der Waals surface area contributed by atoms with Crippen LogP contribution in [-0.4, -0.2) is 48.0 Å². The number of nitrogens with two attached hydrogens (primary N) is 2. The van der Waals surface area contributed by atoms with Gasteiger partial charge in [0.05, 0.1) is 12.9 Å². The van der Waals surface area contributed by atoms with Gasteiger partial charge in [0, 0.05) is 6.42 Å². The fourth-order valence-electron chi connectivity index (χ4n) is 2.37. The summed E-state index contributed by atoms with van der Waals surface area (Å²) in [5, 5.41) is 28.4. The molecule has 3 heterocycles. The highest BCUT2D eigenvalue weighted by molar-refractivity contribution is 5.82. The molecule has 6 N–H and O–H groups in total. The maximum atomic E-state index is 9.97. The van der Waals surface area contributed by atoms with E-state index in [1.807, 2.05) is 0 Å². The zero-order chi connectivity index (χ0) is 15.2. The molecule has 0 aromatic carbocycles. The average Bonchev–Trinajstić information content (AvgIpc) is 3.00. The van der Waals surface area contributed by atoms with E-state index in [9.17, 15) is 10.2 Å². The van der Waals surface area contributed by atoms with Gasteiger partial charge in [-0.2, -0.15) is 15.2 Å². The summed E-state index contributed by atoms with van der Waals surface area (Å²) in [6.45, 7) is -0.618. The van der Waals surface area contributed by atoms with Gasteiger partial charge in [0.2, 0.25) is 11.5 Å². The second-order valence-corrected chi connectivity index (χ2v) is 4.77. The quantitative estimate of drug-likeness (QED) is 0.515. The Balaban J connectivity index is 2.05. The lowest BCUT2D eigenvalue weighted by molar-refractivity contribution is -0.0904. The Morgan fingerprint density at radius 2 is 2.29 bits per heavy atom. The first-order valence-corrected chi connectivity index (χ1v) is 6.14. The Labute approximate surface area is 118 Å². The summed E-state index contributed by atoms with van der Waals surface area (Å²) in [6.07, 6.45) is -0.335. The van der Waals surface area contributed by atoms with Gasteiger partial charge in [0.15, 0.2) is 11.5 Å². The third-order valence-electron chi connectivity index (χ3n) is 3.51. The summed E-state index contributed by atoms with van der Waals surface area (Å²) in [5.41, 5.74) is 10.3. The molecule has 0 spiro atoms. The van der Waals surface area contributed by atoms with Gasteiger partial charge in [0.25, 0.3) is 0 Å². The van der Waals surface area contributed by atoms with Gasteiger partial charge >= 0.3 is 0 Å². The molecule has 110 valence electrons. The molecule has 2 aromatic heterocycles. The van der Waals surface area contributed by atoms with Gasteiger partial charge in [-0.1, -0.05) is 0 Å². The number of hydrogen-bond donors (Lipinski definition) is 4. The van der Waals surface area contributed by atoms with Gasteiger partial charge in [-0.25, -0.2) is 4.98 Å². The van der Waals surface area contributed by atoms with Crippen molar-refractivity contribution in [3.8, 4) is 6.07 Å². The van der Waals surface area contributed by atoms with Crippen LogP contribution in [0.25, 0.3) is 11.2 Å². The van der Waals surface area contributed by atoms with E-state index in [4.69, 9.17) is 21.5 Å². The van der Waals surface area contributed by atoms with Crippen LogP contribution >= 0.6 is 0 Å². The summed E-state index contributed by atoms with van der Waals surface area (Å²) < 4.78 is 7.01. The molecule has 0 amide bonds. The number of aliphatic hydroxyl groups excluding tert-OH is 2. The molecular weight excluding hydrogens is 278 g/mol. The van der Waals surface area contributed by atoms with Crippen LogP contribution < -0.4 is 11.5 Å². The molecule has 3 atom stereocenters. The van der Waals surface area contributed by atoms with Crippen LogP contribution in [-0.2, 0) is 4.74 Å². The molecule has 1 fully saturated rings. The van der Waals surface area contributed by atoms with Crippen molar-refractivity contribution in [2.24, 2.45) is 0 Å². The number of ether oxygens (including phenoxy) is 1. The number of nitriles is 1. The lowest BCUT2D eigenvalue weighted by atomic mass is 10.00. The summed E-state index contributed by atoms with van der Waals surface area (Å²) in [6, 6.07) is 1.80. The highest BCUT2D eigenvalue weighted by Gasteiger charge is 2.49. The first kappa shape index (κ1) is 13.5. The minimum atomic E-state index is -1.66. The molecular formula is C11H13N7O3. The monoisotopic (exact) mass is 291 g/mol. The predicted octanol–water partition coefficient (Wildman–Crippen LogP) is -1.47. The van der Waals surface area contributed by atoms with Crippen LogP contribution in [0, 0.1) is 11.3 Å². The van der Waals surface area contributed by atoms with E-state index in [0.717, 1.165) is 0 Å². The SMILES string of the molecule is N#C[C@]1(CO)O[C@H](n2cnc3c(N)nc(N)nc32)C[C@@H]1O. The second kappa shape index (κ2) is 4.52. The standard InChI is InChI=1S/C11H13N7O3/c12-2-11(3-19)5(20)1-6(21-11)18-4-15-7-8(13)16-10(14)17-9(7)18/h4-6,19-20H,1,3H2,(H4,13,14,16,17)/t5-,6-,11+/m0/s1. The van der Waals surface area contributed by atoms with Gasteiger partial charge in [-0.3, -0.25) is 4.57 Å². The maximum absolute atomic E-state index is 9.97. The van der Waals surface area contributed by atoms with Gasteiger partial charge < -0.3 is 26.4 Å². The van der Waals surface area contributed by atoms with Crippen LogP contribution in [0.4, 0.5) is 11.8 Å². The van der Waals surface area contributed by atoms with Crippen molar-refractivity contribution in [2.45, 2.75) is 24.4 Å². The fourth-order valence-corrected chi connectivity index (χ4v) is 2.37. The van der Waals surface area contributed by atoms with E-state index in [-0.39, 0.29) is 18.2 Å². The molecule has 0 aliphatic carbocycles. The Morgan fingerprint density at radius 1 is 1.52 bits per heavy atom. The Kier molecular flexibility index (Phi) is 2.91. The van der Waals surface area contributed by atoms with E-state index in [1.165, 1.54) is 10.9 Å². The van der Waals surface area contributed by atoms with Crippen molar-refractivity contribution in [1.82, 2.24) is 19.5 Å². The fraction of sp³-hybridized carbons (Fsp3) is 0.455. The third-order valence-corrected chi connectivity index (χ3v) is 3.51. The highest BCUT2D eigenvalue weighted by atomic mass is 16.6. The number of nitrogens with zero attached hydrogens (tertiary/aromatic N) is 5. The van der Waals surface area contributed by atoms with Gasteiger partial charge in [-0.05, 0) is 0 Å². The molecule has 0 bridgehead atoms. The lowest BCUT2D eigenvalue weighted by Gasteiger charge is -2.21. The second-order valence-electron chi connectivity index (χ2n) is 4.77. The van der Waals surface area contributed by atoms with E-state index >= 15 is 0 Å². The molecule has 1 saturated heterocycles. The molecule has 21 heavy (non-hydrogen) atoms. The zero-order valence-corrected chi connectivity index (χ0v) is 10.8. The minimum absolute atomic E-state index is 0.0194. The van der Waals surface area contributed by atoms with Crippen molar-refractivity contribution in [2.75, 3.05) is 18.1 Å². The molecule has 1 aliphatic heterocycles. The Morgan fingerprint density at radius 3 is 2.90 bits per heavy atom. The van der Waals surface area contributed by atoms with Crippen LogP contribution in [0.2, 0.25) is 0 Å². The molecule has 10 heteroatoms. The zero-order valence-electron chi connectivity index (χ0n) is 10.8. The van der Waals surface area contributed by atoms with Crippen molar-refractivity contribution < 1.29 is 14.9 Å². The normalized spacial score (nSPS) is 28.8. The van der Waals surface area contributed by atoms with Gasteiger partial charge in [0.1, 0.15) is 23.9 Å². The van der Waals surface area contributed by atoms with Crippen LogP contribution in [0.1, 0.15) is 12.6 Å². The molecule has 1 aliphatic rings. The number of hydrogen-bond acceptors (Lipinski definition) is 9. The van der Waals surface area contributed by atoms with Crippen molar-refractivity contribution in [1.29, 1.82) is 5.26 Å². The number of nitrogen functional groups attached to an aromatic ring is 2. The molecule has 0 unspecified atom stereocenters. The number of imidazole rings is 1. The first-order chi connectivity index (χ1) is 10.0. The van der Waals surface area contributed by atoms with Crippen LogP contribution in [0.5, 0.6) is 0 Å². The summed E-state index contributed by atoms with van der Waals surface area (Å²) in [4.78, 5) is 11.9. The Hall–Kier alpha value is -2.48. The van der Waals surface area contributed by atoms with Crippen molar-refractivity contribution in [3.05, 3.63) is 6.33 Å². The highest BCUT2D eigenvalue weighted by Crippen LogP contribution is 2.37. The number of anilines is 2. The topological polar surface area (TPSA) is 169 Å². The Bertz CT molecular complexity index is 739. The number of aliphatic hydroxyl groups is 2. The first-order valence-electron chi connectivity index (χ1n) is 6.14. The lowest BCUT2D eigenvalue weighted by Crippen LogP contribution is -2.41. The molecule has 0 saturated carbocycles. The average molecular weight is 291 g/mol. The predicted molar refractivity (Wildman–Crippen MR) is 70.3 cm³/mol. The van der Waals surface area contributed by atoms with Crippen LogP contribution in [0.3, 0.4) is 0 Å². The number of aromatic nitrogens is 4. The number of rotatable bonds is 2. The summed E-state index contributed by atoms with van der Waals surface area (Å²) in [7, 11) is 0. The summed E-state index contributed by atoms with van der Waals surface area (Å²) >= 11 is 0. The van der Waals surface area contributed by atoms with Crippen molar-refractivity contribution >= 4 is 22.9 Å². The molecule has 0 radical (unpaired) electrons. The summed E-state index contributed by atoms with van der Waals surface area (Å²) in [5.74, 6) is 0.109. The third kappa shape index (κ3) is 1.87. The molecule has 2 aromatic rings. The van der Waals surface area contributed by atoms with E-state index in [2.05, 4.69) is 15.0 Å². The van der Waals surface area contributed by atoms with E-state index in [0.29, 0.717) is 11.2 Å². The molecule has 3 rings (SSSR count). The largest absolute Gasteiger partial charge is 0.392 e. The minimum Gasteiger partial charge on any atom is -0.392 e. The van der Waals surface area contributed by atoms with Crippen molar-refractivity contribution in [3.63, 3.8) is 0 Å². The van der Waals surface area contributed by atoms with Crippen LogP contribution in [0.15, 0.2) is 6.33 Å².